The summed E-state index contributed by atoms with van der Waals surface area (Å²) in [6.07, 6.45) is 4.02. The quantitative estimate of drug-likeness (QED) is 0.504. The number of cyclic esters (lactones) is 1. The highest BCUT2D eigenvalue weighted by Crippen LogP contribution is 2.42. The first-order chi connectivity index (χ1) is 15.2. The fraction of sp³-hybridized carbons (Fsp3) is 0.320. The molecule has 0 fully saturated rings. The first-order valence-electron chi connectivity index (χ1n) is 10.2. The van der Waals surface area contributed by atoms with Crippen LogP contribution >= 0.6 is 0 Å². The zero-order valence-electron chi connectivity index (χ0n) is 19.2. The van der Waals surface area contributed by atoms with Gasteiger partial charge in [0.15, 0.2) is 5.75 Å². The van der Waals surface area contributed by atoms with Gasteiger partial charge in [0.1, 0.15) is 17.9 Å². The number of rotatable bonds is 6. The molecular weight excluding hydrogens is 410 g/mol. The van der Waals surface area contributed by atoms with Crippen molar-refractivity contribution in [2.45, 2.75) is 33.8 Å². The van der Waals surface area contributed by atoms with Crippen LogP contribution in [0.5, 0.6) is 11.5 Å². The van der Waals surface area contributed by atoms with E-state index in [2.05, 4.69) is 0 Å². The Morgan fingerprint density at radius 3 is 2.53 bits per heavy atom. The number of carbonyl (C=O) groups excluding carboxylic acids is 3. The molecule has 2 aromatic carbocycles. The molecule has 3 rings (SSSR count). The van der Waals surface area contributed by atoms with E-state index in [1.165, 1.54) is 18.9 Å². The van der Waals surface area contributed by atoms with E-state index < -0.39 is 11.9 Å². The van der Waals surface area contributed by atoms with Gasteiger partial charge in [0.25, 0.3) is 5.91 Å². The predicted octanol–water partition coefficient (Wildman–Crippen LogP) is 3.87. The van der Waals surface area contributed by atoms with Gasteiger partial charge in [-0.2, -0.15) is 0 Å². The van der Waals surface area contributed by atoms with Gasteiger partial charge in [-0.05, 0) is 37.0 Å². The Hall–Kier alpha value is -3.61. The van der Waals surface area contributed by atoms with Crippen molar-refractivity contribution in [2.75, 3.05) is 21.2 Å². The molecule has 32 heavy (non-hydrogen) atoms. The minimum Gasteiger partial charge on any atom is -0.496 e. The van der Waals surface area contributed by atoms with E-state index in [1.807, 2.05) is 44.2 Å². The van der Waals surface area contributed by atoms with Crippen molar-refractivity contribution in [1.82, 2.24) is 4.90 Å². The SMILES string of the molecule is COc1c(C)c2c(c(OC(C)=O)c1CC=Cc1cccc(C)c1C(=O)N(C)C)C(=O)OC2. The van der Waals surface area contributed by atoms with E-state index in [0.717, 1.165) is 16.7 Å². The van der Waals surface area contributed by atoms with Gasteiger partial charge in [-0.25, -0.2) is 4.79 Å². The summed E-state index contributed by atoms with van der Waals surface area (Å²) in [4.78, 5) is 38.4. The normalized spacial score (nSPS) is 12.5. The molecule has 0 aliphatic carbocycles. The molecule has 0 radical (unpaired) electrons. The van der Waals surface area contributed by atoms with Crippen molar-refractivity contribution in [2.24, 2.45) is 0 Å². The van der Waals surface area contributed by atoms with E-state index in [0.29, 0.717) is 28.9 Å². The molecule has 2 aromatic rings. The van der Waals surface area contributed by atoms with Gasteiger partial charge in [-0.1, -0.05) is 30.4 Å². The maximum Gasteiger partial charge on any atom is 0.342 e. The van der Waals surface area contributed by atoms with Crippen LogP contribution < -0.4 is 9.47 Å². The Labute approximate surface area is 187 Å². The number of aryl methyl sites for hydroxylation is 1. The van der Waals surface area contributed by atoms with Gasteiger partial charge in [0, 0.05) is 37.7 Å². The molecule has 7 heteroatoms. The highest BCUT2D eigenvalue weighted by atomic mass is 16.6. The lowest BCUT2D eigenvalue weighted by molar-refractivity contribution is -0.131. The highest BCUT2D eigenvalue weighted by molar-refractivity contribution is 6.00. The number of hydrogen-bond acceptors (Lipinski definition) is 6. The number of allylic oxidation sites excluding steroid dienone is 1. The van der Waals surface area contributed by atoms with E-state index in [9.17, 15) is 14.4 Å². The topological polar surface area (TPSA) is 82.1 Å². The van der Waals surface area contributed by atoms with Gasteiger partial charge in [-0.15, -0.1) is 0 Å². The number of esters is 2. The molecule has 168 valence electrons. The van der Waals surface area contributed by atoms with E-state index in [-0.39, 0.29) is 23.8 Å². The summed E-state index contributed by atoms with van der Waals surface area (Å²) in [6, 6.07) is 5.66. The third kappa shape index (κ3) is 4.23. The smallest absolute Gasteiger partial charge is 0.342 e. The van der Waals surface area contributed by atoms with Crippen molar-refractivity contribution in [3.8, 4) is 11.5 Å². The lowest BCUT2D eigenvalue weighted by Crippen LogP contribution is -2.23. The molecule has 1 amide bonds. The maximum absolute atomic E-state index is 12.7. The summed E-state index contributed by atoms with van der Waals surface area (Å²) in [5.41, 5.74) is 4.53. The summed E-state index contributed by atoms with van der Waals surface area (Å²) in [5, 5.41) is 0. The number of ether oxygens (including phenoxy) is 3. The molecule has 0 saturated heterocycles. The molecular formula is C25H27NO6. The molecule has 7 nitrogen and oxygen atoms in total. The van der Waals surface area contributed by atoms with Crippen LogP contribution in [0.2, 0.25) is 0 Å². The molecule has 1 heterocycles. The summed E-state index contributed by atoms with van der Waals surface area (Å²) in [5.74, 6) is -0.449. The largest absolute Gasteiger partial charge is 0.496 e. The number of benzene rings is 2. The summed E-state index contributed by atoms with van der Waals surface area (Å²) >= 11 is 0. The predicted molar refractivity (Wildman–Crippen MR) is 120 cm³/mol. The van der Waals surface area contributed by atoms with Crippen molar-refractivity contribution in [3.05, 3.63) is 63.2 Å². The van der Waals surface area contributed by atoms with Crippen LogP contribution in [0.1, 0.15) is 55.5 Å². The average molecular weight is 437 g/mol. The molecule has 1 aliphatic heterocycles. The van der Waals surface area contributed by atoms with Crippen LogP contribution in [0, 0.1) is 13.8 Å². The second kappa shape index (κ2) is 9.26. The summed E-state index contributed by atoms with van der Waals surface area (Å²) in [6.45, 7) is 5.13. The lowest BCUT2D eigenvalue weighted by atomic mass is 9.94. The fourth-order valence-corrected chi connectivity index (χ4v) is 3.92. The number of hydrogen-bond donors (Lipinski definition) is 0. The van der Waals surface area contributed by atoms with Crippen molar-refractivity contribution >= 4 is 23.9 Å². The summed E-state index contributed by atoms with van der Waals surface area (Å²) in [7, 11) is 4.96. The molecule has 0 spiro atoms. The van der Waals surface area contributed by atoms with E-state index >= 15 is 0 Å². The van der Waals surface area contributed by atoms with Crippen LogP contribution in [-0.4, -0.2) is 44.0 Å². The minimum absolute atomic E-state index is 0.0861. The standard InChI is InChI=1S/C25H27NO6/c1-14-9-7-10-17(20(14)24(28)26(4)5)11-8-12-18-22(30-6)15(2)19-13-31-25(29)21(19)23(18)32-16(3)27/h7-11H,12-13H2,1-6H3. The van der Waals surface area contributed by atoms with Crippen molar-refractivity contribution < 1.29 is 28.6 Å². The van der Waals surface area contributed by atoms with E-state index in [1.54, 1.807) is 14.1 Å². The van der Waals surface area contributed by atoms with Gasteiger partial charge >= 0.3 is 11.9 Å². The van der Waals surface area contributed by atoms with Crippen molar-refractivity contribution in [1.29, 1.82) is 0 Å². The Morgan fingerprint density at radius 2 is 1.91 bits per heavy atom. The second-order valence-corrected chi connectivity index (χ2v) is 7.83. The minimum atomic E-state index is -0.541. The third-order valence-corrected chi connectivity index (χ3v) is 5.42. The Bertz CT molecular complexity index is 1130. The molecule has 0 aromatic heterocycles. The number of carbonyl (C=O) groups is 3. The zero-order chi connectivity index (χ0) is 23.6. The van der Waals surface area contributed by atoms with Crippen LogP contribution in [0.25, 0.3) is 6.08 Å². The molecule has 0 unspecified atom stereocenters. The van der Waals surface area contributed by atoms with Gasteiger partial charge < -0.3 is 19.1 Å². The van der Waals surface area contributed by atoms with Gasteiger partial charge in [0.05, 0.1) is 7.11 Å². The molecule has 0 atom stereocenters. The first-order valence-corrected chi connectivity index (χ1v) is 10.2. The average Bonchev–Trinajstić information content (AvgIpc) is 3.12. The molecule has 0 bridgehead atoms. The third-order valence-electron chi connectivity index (χ3n) is 5.42. The Morgan fingerprint density at radius 1 is 1.19 bits per heavy atom. The number of methoxy groups -OCH3 is 1. The lowest BCUT2D eigenvalue weighted by Gasteiger charge is -2.18. The van der Waals surface area contributed by atoms with Crippen LogP contribution in [0.15, 0.2) is 24.3 Å². The zero-order valence-corrected chi connectivity index (χ0v) is 19.2. The van der Waals surface area contributed by atoms with Crippen LogP contribution in [-0.2, 0) is 22.6 Å². The van der Waals surface area contributed by atoms with Gasteiger partial charge in [0.2, 0.25) is 0 Å². The number of fused-ring (bicyclic) bond motifs is 1. The first kappa shape index (κ1) is 23.1. The Kier molecular flexibility index (Phi) is 6.67. The highest BCUT2D eigenvalue weighted by Gasteiger charge is 2.33. The summed E-state index contributed by atoms with van der Waals surface area (Å²) < 4.78 is 16.3. The number of amides is 1. The molecule has 0 N–H and O–H groups in total. The van der Waals surface area contributed by atoms with Crippen molar-refractivity contribution in [3.63, 3.8) is 0 Å². The van der Waals surface area contributed by atoms with Gasteiger partial charge in [-0.3, -0.25) is 9.59 Å². The molecule has 0 saturated carbocycles. The van der Waals surface area contributed by atoms with E-state index in [4.69, 9.17) is 14.2 Å². The van der Waals surface area contributed by atoms with Crippen LogP contribution in [0.3, 0.4) is 0 Å². The molecule has 1 aliphatic rings. The maximum atomic E-state index is 12.7. The fourth-order valence-electron chi connectivity index (χ4n) is 3.92. The number of nitrogens with zero attached hydrogens (tertiary/aromatic N) is 1. The Balaban J connectivity index is 2.08. The monoisotopic (exact) mass is 437 g/mol. The second-order valence-electron chi connectivity index (χ2n) is 7.83. The van der Waals surface area contributed by atoms with Crippen LogP contribution in [0.4, 0.5) is 0 Å².